The zero-order valence-electron chi connectivity index (χ0n) is 16.1. The minimum Gasteiger partial charge on any atom is -0.497 e. The Morgan fingerprint density at radius 3 is 2.68 bits per heavy atom. The van der Waals surface area contributed by atoms with Gasteiger partial charge in [0, 0.05) is 12.1 Å². The van der Waals surface area contributed by atoms with Crippen LogP contribution in [0.4, 0.5) is 0 Å². The lowest BCUT2D eigenvalue weighted by Crippen LogP contribution is -2.36. The molecule has 2 aliphatic rings. The second kappa shape index (κ2) is 8.52. The number of carbonyl (C=O) groups excluding carboxylic acids is 1. The number of methoxy groups -OCH3 is 1. The Hall–Kier alpha value is -2.73. The average Bonchev–Trinajstić information content (AvgIpc) is 3.28. The fourth-order valence-corrected chi connectivity index (χ4v) is 3.84. The van der Waals surface area contributed by atoms with Crippen molar-refractivity contribution in [2.75, 3.05) is 40.0 Å². The Balaban J connectivity index is 1.48. The number of fused-ring (bicyclic) bond motifs is 1. The van der Waals surface area contributed by atoms with Crippen LogP contribution in [0, 0.1) is 0 Å². The summed E-state index contributed by atoms with van der Waals surface area (Å²) in [6, 6.07) is 13.5. The molecule has 2 aliphatic heterocycles. The molecule has 1 saturated heterocycles. The molecule has 28 heavy (non-hydrogen) atoms. The van der Waals surface area contributed by atoms with E-state index in [0.717, 1.165) is 24.4 Å². The zero-order chi connectivity index (χ0) is 19.3. The molecule has 1 unspecified atom stereocenters. The number of benzene rings is 2. The van der Waals surface area contributed by atoms with Crippen LogP contribution in [-0.4, -0.2) is 50.8 Å². The van der Waals surface area contributed by atoms with Gasteiger partial charge in [-0.2, -0.15) is 0 Å². The van der Waals surface area contributed by atoms with Crippen LogP contribution in [0.25, 0.3) is 0 Å². The fraction of sp³-hybridized carbons (Fsp3) is 0.409. The van der Waals surface area contributed by atoms with Crippen molar-refractivity contribution in [3.63, 3.8) is 0 Å². The van der Waals surface area contributed by atoms with Crippen LogP contribution < -0.4 is 19.5 Å². The van der Waals surface area contributed by atoms with Crippen molar-refractivity contribution in [2.45, 2.75) is 18.9 Å². The summed E-state index contributed by atoms with van der Waals surface area (Å²) in [7, 11) is 1.67. The van der Waals surface area contributed by atoms with Gasteiger partial charge in [-0.15, -0.1) is 0 Å². The first-order valence-electron chi connectivity index (χ1n) is 9.80. The number of ether oxygens (including phenoxy) is 3. The first-order valence-corrected chi connectivity index (χ1v) is 9.80. The van der Waals surface area contributed by atoms with Crippen molar-refractivity contribution >= 4 is 5.91 Å². The summed E-state index contributed by atoms with van der Waals surface area (Å²) in [6.07, 6.45) is 2.38. The standard InChI is InChI=1S/C22H26N2O4/c1-26-18-6-4-5-16(13-18)19(24-9-2-3-10-24)15-23-22(25)17-7-8-20-21(14-17)28-12-11-27-20/h4-8,13-14,19H,2-3,9-12,15H2,1H3,(H,23,25). The van der Waals surface area contributed by atoms with Gasteiger partial charge in [0.05, 0.1) is 13.2 Å². The maximum absolute atomic E-state index is 12.8. The molecule has 6 heteroatoms. The van der Waals surface area contributed by atoms with E-state index in [1.807, 2.05) is 12.1 Å². The van der Waals surface area contributed by atoms with Gasteiger partial charge in [-0.05, 0) is 61.8 Å². The number of rotatable bonds is 6. The molecule has 0 saturated carbocycles. The lowest BCUT2D eigenvalue weighted by Gasteiger charge is -2.28. The third-order valence-corrected chi connectivity index (χ3v) is 5.32. The third-order valence-electron chi connectivity index (χ3n) is 5.32. The van der Waals surface area contributed by atoms with Crippen molar-refractivity contribution in [3.05, 3.63) is 53.6 Å². The van der Waals surface area contributed by atoms with E-state index < -0.39 is 0 Å². The largest absolute Gasteiger partial charge is 0.497 e. The monoisotopic (exact) mass is 382 g/mol. The molecule has 0 aliphatic carbocycles. The smallest absolute Gasteiger partial charge is 0.251 e. The molecule has 4 rings (SSSR count). The normalized spacial score (nSPS) is 17.2. The molecule has 148 valence electrons. The molecule has 2 aromatic carbocycles. The van der Waals surface area contributed by atoms with Gasteiger partial charge in [0.25, 0.3) is 5.91 Å². The Kier molecular flexibility index (Phi) is 5.67. The summed E-state index contributed by atoms with van der Waals surface area (Å²) < 4.78 is 16.5. The molecule has 0 radical (unpaired) electrons. The minimum atomic E-state index is -0.107. The van der Waals surface area contributed by atoms with Crippen molar-refractivity contribution < 1.29 is 19.0 Å². The highest BCUT2D eigenvalue weighted by molar-refractivity contribution is 5.94. The molecular formula is C22H26N2O4. The van der Waals surface area contributed by atoms with Crippen LogP contribution in [0.1, 0.15) is 34.8 Å². The molecule has 0 aromatic heterocycles. The number of carbonyl (C=O) groups is 1. The van der Waals surface area contributed by atoms with Crippen LogP contribution in [0.3, 0.4) is 0 Å². The van der Waals surface area contributed by atoms with E-state index in [9.17, 15) is 4.79 Å². The highest BCUT2D eigenvalue weighted by Crippen LogP contribution is 2.31. The average molecular weight is 382 g/mol. The number of amides is 1. The van der Waals surface area contributed by atoms with Gasteiger partial charge in [0.1, 0.15) is 19.0 Å². The molecule has 6 nitrogen and oxygen atoms in total. The lowest BCUT2D eigenvalue weighted by atomic mass is 10.0. The van der Waals surface area contributed by atoms with Crippen molar-refractivity contribution in [3.8, 4) is 17.2 Å². The van der Waals surface area contributed by atoms with Crippen molar-refractivity contribution in [2.24, 2.45) is 0 Å². The summed E-state index contributed by atoms with van der Waals surface area (Å²) >= 11 is 0. The predicted octanol–water partition coefficient (Wildman–Crippen LogP) is 3.03. The second-order valence-electron chi connectivity index (χ2n) is 7.10. The number of nitrogens with one attached hydrogen (secondary N) is 1. The van der Waals surface area contributed by atoms with E-state index in [4.69, 9.17) is 14.2 Å². The van der Waals surface area contributed by atoms with Gasteiger partial charge in [-0.25, -0.2) is 0 Å². The molecule has 2 aromatic rings. The van der Waals surface area contributed by atoms with Crippen LogP contribution in [0.2, 0.25) is 0 Å². The van der Waals surface area contributed by atoms with Gasteiger partial charge in [0.2, 0.25) is 0 Å². The summed E-state index contributed by atoms with van der Waals surface area (Å²) in [5.74, 6) is 2.04. The van der Waals surface area contributed by atoms with Gasteiger partial charge >= 0.3 is 0 Å². The molecule has 1 fully saturated rings. The molecule has 1 amide bonds. The van der Waals surface area contributed by atoms with Crippen LogP contribution in [0.15, 0.2) is 42.5 Å². The van der Waals surface area contributed by atoms with E-state index >= 15 is 0 Å². The number of nitrogens with zero attached hydrogens (tertiary/aromatic N) is 1. The van der Waals surface area contributed by atoms with E-state index in [-0.39, 0.29) is 11.9 Å². The summed E-state index contributed by atoms with van der Waals surface area (Å²) in [6.45, 7) is 3.67. The van der Waals surface area contributed by atoms with Crippen molar-refractivity contribution in [1.29, 1.82) is 0 Å². The fourth-order valence-electron chi connectivity index (χ4n) is 3.84. The maximum Gasteiger partial charge on any atom is 0.251 e. The Bertz CT molecular complexity index is 833. The SMILES string of the molecule is COc1cccc(C(CNC(=O)c2ccc3c(c2)OCCO3)N2CCCC2)c1. The first kappa shape index (κ1) is 18.6. The van der Waals surface area contributed by atoms with Gasteiger partial charge in [-0.3, -0.25) is 9.69 Å². The zero-order valence-corrected chi connectivity index (χ0v) is 16.1. The maximum atomic E-state index is 12.8. The first-order chi connectivity index (χ1) is 13.7. The van der Waals surface area contributed by atoms with E-state index in [1.165, 1.54) is 12.8 Å². The number of likely N-dealkylation sites (tertiary alicyclic amines) is 1. The predicted molar refractivity (Wildman–Crippen MR) is 106 cm³/mol. The van der Waals surface area contributed by atoms with E-state index in [0.29, 0.717) is 36.8 Å². The van der Waals surface area contributed by atoms with Gasteiger partial charge in [0.15, 0.2) is 11.5 Å². The van der Waals surface area contributed by atoms with Crippen molar-refractivity contribution in [1.82, 2.24) is 10.2 Å². The topological polar surface area (TPSA) is 60.0 Å². The highest BCUT2D eigenvalue weighted by Gasteiger charge is 2.25. The number of hydrogen-bond donors (Lipinski definition) is 1. The van der Waals surface area contributed by atoms with Gasteiger partial charge in [-0.1, -0.05) is 12.1 Å². The summed E-state index contributed by atoms with van der Waals surface area (Å²) in [4.78, 5) is 15.2. The van der Waals surface area contributed by atoms with Crippen LogP contribution >= 0.6 is 0 Å². The van der Waals surface area contributed by atoms with Gasteiger partial charge < -0.3 is 19.5 Å². The second-order valence-corrected chi connectivity index (χ2v) is 7.10. The molecule has 0 bridgehead atoms. The Morgan fingerprint density at radius 1 is 1.11 bits per heavy atom. The summed E-state index contributed by atoms with van der Waals surface area (Å²) in [5.41, 5.74) is 1.73. The number of hydrogen-bond acceptors (Lipinski definition) is 5. The Labute approximate surface area is 165 Å². The molecular weight excluding hydrogens is 356 g/mol. The third kappa shape index (κ3) is 4.07. The van der Waals surface area contributed by atoms with E-state index in [1.54, 1.807) is 25.3 Å². The van der Waals surface area contributed by atoms with E-state index in [2.05, 4.69) is 22.3 Å². The van der Waals surface area contributed by atoms with Crippen LogP contribution in [-0.2, 0) is 0 Å². The Morgan fingerprint density at radius 2 is 1.89 bits per heavy atom. The van der Waals surface area contributed by atoms with Crippen LogP contribution in [0.5, 0.6) is 17.2 Å². The molecule has 2 heterocycles. The summed E-state index contributed by atoms with van der Waals surface area (Å²) in [5, 5.41) is 3.10. The molecule has 0 spiro atoms. The lowest BCUT2D eigenvalue weighted by molar-refractivity contribution is 0.0936. The molecule has 1 N–H and O–H groups in total. The highest BCUT2D eigenvalue weighted by atomic mass is 16.6. The molecule has 1 atom stereocenters. The quantitative estimate of drug-likeness (QED) is 0.832. The minimum absolute atomic E-state index is 0.107.